The summed E-state index contributed by atoms with van der Waals surface area (Å²) in [5.41, 5.74) is 1.83. The van der Waals surface area contributed by atoms with Gasteiger partial charge in [-0.2, -0.15) is 4.98 Å². The van der Waals surface area contributed by atoms with Crippen LogP contribution in [0.15, 0.2) is 58.4 Å². The van der Waals surface area contributed by atoms with Crippen LogP contribution in [0.4, 0.5) is 10.2 Å². The van der Waals surface area contributed by atoms with Crippen LogP contribution in [-0.2, 0) is 4.79 Å². The number of piperazine rings is 1. The van der Waals surface area contributed by atoms with Gasteiger partial charge in [-0.25, -0.2) is 14.2 Å². The molecule has 2 aliphatic heterocycles. The molecule has 40 heavy (non-hydrogen) atoms. The normalized spacial score (nSPS) is 16.9. The largest absolute Gasteiger partial charge is 0.475 e. The lowest BCUT2D eigenvalue weighted by Gasteiger charge is -2.40. The maximum Gasteiger partial charge on any atom is 0.354 e. The highest BCUT2D eigenvalue weighted by atomic mass is 19.1. The van der Waals surface area contributed by atoms with E-state index in [9.17, 15) is 9.59 Å². The number of amides is 1. The molecule has 0 aliphatic carbocycles. The maximum atomic E-state index is 15.4. The van der Waals surface area contributed by atoms with Crippen LogP contribution in [0.1, 0.15) is 25.5 Å². The molecule has 1 amide bonds. The Hall–Kier alpha value is -4.80. The van der Waals surface area contributed by atoms with Crippen molar-refractivity contribution in [2.45, 2.75) is 25.8 Å². The van der Waals surface area contributed by atoms with Gasteiger partial charge in [0.15, 0.2) is 5.58 Å². The average molecular weight is 541 g/mol. The number of aromatic nitrogens is 4. The number of hydrogen-bond donors (Lipinski definition) is 0. The van der Waals surface area contributed by atoms with Gasteiger partial charge >= 0.3 is 5.69 Å². The lowest BCUT2D eigenvalue weighted by molar-refractivity contribution is -0.126. The molecular formula is C29H25FN6O4. The minimum Gasteiger partial charge on any atom is -0.475 e. The second kappa shape index (κ2) is 8.87. The Bertz CT molecular complexity index is 1980. The molecule has 0 saturated carbocycles. The number of fused-ring (bicyclic) bond motifs is 7. The van der Waals surface area contributed by atoms with Gasteiger partial charge in [0.1, 0.15) is 34.7 Å². The minimum absolute atomic E-state index is 0.0690. The highest BCUT2D eigenvalue weighted by Crippen LogP contribution is 2.38. The van der Waals surface area contributed by atoms with Crippen molar-refractivity contribution in [3.05, 3.63) is 71.2 Å². The number of hydrogen-bond acceptors (Lipinski definition) is 8. The third-order valence-electron chi connectivity index (χ3n) is 7.61. The zero-order valence-electron chi connectivity index (χ0n) is 21.9. The summed E-state index contributed by atoms with van der Waals surface area (Å²) < 4.78 is 29.5. The Kier molecular flexibility index (Phi) is 5.38. The molecule has 202 valence electrons. The summed E-state index contributed by atoms with van der Waals surface area (Å²) in [4.78, 5) is 44.0. The summed E-state index contributed by atoms with van der Waals surface area (Å²) >= 11 is 0. The highest BCUT2D eigenvalue weighted by Gasteiger charge is 2.35. The molecule has 4 aromatic heterocycles. The van der Waals surface area contributed by atoms with Crippen LogP contribution in [0, 0.1) is 5.82 Å². The van der Waals surface area contributed by atoms with Crippen molar-refractivity contribution in [3.63, 3.8) is 0 Å². The van der Waals surface area contributed by atoms with Gasteiger partial charge in [0.05, 0.1) is 28.2 Å². The van der Waals surface area contributed by atoms with Crippen LogP contribution >= 0.6 is 0 Å². The molecule has 7 rings (SSSR count). The Balaban J connectivity index is 1.67. The van der Waals surface area contributed by atoms with E-state index < -0.39 is 11.5 Å². The summed E-state index contributed by atoms with van der Waals surface area (Å²) in [5.74, 6) is -0.113. The fourth-order valence-corrected chi connectivity index (χ4v) is 5.77. The summed E-state index contributed by atoms with van der Waals surface area (Å²) in [5, 5.41) is 0.681. The van der Waals surface area contributed by atoms with Gasteiger partial charge in [0, 0.05) is 31.9 Å². The summed E-state index contributed by atoms with van der Waals surface area (Å²) in [6.45, 7) is 8.98. The second-order valence-electron chi connectivity index (χ2n) is 10.3. The van der Waals surface area contributed by atoms with Crippen LogP contribution in [0.25, 0.3) is 38.5 Å². The molecule has 0 N–H and O–H groups in total. The maximum absolute atomic E-state index is 15.4. The number of benzene rings is 1. The molecule has 2 bridgehead atoms. The monoisotopic (exact) mass is 540 g/mol. The number of pyridine rings is 2. The van der Waals surface area contributed by atoms with E-state index in [4.69, 9.17) is 14.1 Å². The molecule has 1 fully saturated rings. The minimum atomic E-state index is -0.540. The van der Waals surface area contributed by atoms with Gasteiger partial charge < -0.3 is 19.0 Å². The SMILES string of the molecule is C=CC(=O)N1CCN2c3nc(=O)n4c5cc(nc(c35)OCC2C1)c1c(F)cccc1oc1ccnc(C(C)C)c14. The Morgan fingerprint density at radius 3 is 2.83 bits per heavy atom. The fraction of sp³-hybridized carbons (Fsp3) is 0.276. The first-order chi connectivity index (χ1) is 19.4. The predicted octanol–water partition coefficient (Wildman–Crippen LogP) is 3.96. The summed E-state index contributed by atoms with van der Waals surface area (Å²) in [6, 6.07) is 7.63. The van der Waals surface area contributed by atoms with Gasteiger partial charge in [-0.15, -0.1) is 0 Å². The van der Waals surface area contributed by atoms with E-state index in [1.807, 2.05) is 18.7 Å². The molecule has 6 heterocycles. The topological polar surface area (TPSA) is 106 Å². The molecule has 11 heteroatoms. The van der Waals surface area contributed by atoms with Crippen LogP contribution < -0.4 is 15.3 Å². The average Bonchev–Trinajstić information content (AvgIpc) is 3.06. The van der Waals surface area contributed by atoms with E-state index in [0.717, 1.165) is 0 Å². The lowest BCUT2D eigenvalue weighted by atomic mass is 10.1. The smallest absolute Gasteiger partial charge is 0.354 e. The van der Waals surface area contributed by atoms with Crippen molar-refractivity contribution in [3.8, 4) is 5.88 Å². The molecule has 1 atom stereocenters. The van der Waals surface area contributed by atoms with Gasteiger partial charge in [-0.3, -0.25) is 14.2 Å². The quantitative estimate of drug-likeness (QED) is 0.310. The van der Waals surface area contributed by atoms with Gasteiger partial charge in [0.2, 0.25) is 11.8 Å². The number of rotatable bonds is 2. The van der Waals surface area contributed by atoms with E-state index >= 15 is 4.39 Å². The molecule has 10 nitrogen and oxygen atoms in total. The van der Waals surface area contributed by atoms with Gasteiger partial charge in [-0.1, -0.05) is 26.5 Å². The van der Waals surface area contributed by atoms with Crippen LogP contribution in [0.5, 0.6) is 5.88 Å². The zero-order valence-corrected chi connectivity index (χ0v) is 21.9. The third-order valence-corrected chi connectivity index (χ3v) is 7.61. The summed E-state index contributed by atoms with van der Waals surface area (Å²) in [7, 11) is 0. The van der Waals surface area contributed by atoms with Gasteiger partial charge in [-0.05, 0) is 30.2 Å². The van der Waals surface area contributed by atoms with E-state index in [1.165, 1.54) is 16.5 Å². The Morgan fingerprint density at radius 1 is 1.18 bits per heavy atom. The van der Waals surface area contributed by atoms with E-state index in [-0.39, 0.29) is 46.8 Å². The van der Waals surface area contributed by atoms with Crippen LogP contribution in [0.2, 0.25) is 0 Å². The predicted molar refractivity (Wildman–Crippen MR) is 148 cm³/mol. The van der Waals surface area contributed by atoms with Crippen molar-refractivity contribution in [1.82, 2.24) is 24.3 Å². The van der Waals surface area contributed by atoms with Crippen molar-refractivity contribution >= 4 is 50.2 Å². The number of ether oxygens (including phenoxy) is 1. The first-order valence-electron chi connectivity index (χ1n) is 13.1. The number of anilines is 1. The third kappa shape index (κ3) is 3.50. The first-order valence-corrected chi connectivity index (χ1v) is 13.1. The molecule has 5 aromatic rings. The second-order valence-corrected chi connectivity index (χ2v) is 10.3. The van der Waals surface area contributed by atoms with Crippen molar-refractivity contribution < 1.29 is 18.3 Å². The van der Waals surface area contributed by atoms with E-state index in [0.29, 0.717) is 53.1 Å². The number of carbonyl (C=O) groups is 1. The molecule has 2 aliphatic rings. The van der Waals surface area contributed by atoms with E-state index in [2.05, 4.69) is 16.5 Å². The summed E-state index contributed by atoms with van der Waals surface area (Å²) in [6.07, 6.45) is 2.90. The van der Waals surface area contributed by atoms with Crippen molar-refractivity contribution in [2.75, 3.05) is 31.1 Å². The Labute approximate surface area is 227 Å². The van der Waals surface area contributed by atoms with Crippen molar-refractivity contribution in [2.24, 2.45) is 0 Å². The first kappa shape index (κ1) is 24.3. The Morgan fingerprint density at radius 2 is 2.02 bits per heavy atom. The molecule has 0 spiro atoms. The molecular weight excluding hydrogens is 515 g/mol. The standard InChI is InChI=1S/C29H25FN6O4/c1-4-22(37)34-10-11-35-16(13-34)14-39-28-24-19-12-18(32-28)23-17(30)6-5-7-20(23)40-21-8-9-31-25(15(2)3)26(21)36(19)29(38)33-27(24)35/h4-9,12,15-16H,1,10-11,13-14H2,2-3H3. The van der Waals surface area contributed by atoms with Crippen LogP contribution in [0.3, 0.4) is 0 Å². The van der Waals surface area contributed by atoms with Crippen LogP contribution in [-0.4, -0.2) is 62.4 Å². The lowest BCUT2D eigenvalue weighted by Crippen LogP contribution is -2.56. The fourth-order valence-electron chi connectivity index (χ4n) is 5.77. The number of carbonyl (C=O) groups excluding carboxylic acids is 1. The van der Waals surface area contributed by atoms with E-state index in [1.54, 1.807) is 35.4 Å². The van der Waals surface area contributed by atoms with Crippen molar-refractivity contribution in [1.29, 1.82) is 0 Å². The molecule has 1 saturated heterocycles. The molecule has 1 aromatic carbocycles. The number of halogens is 1. The van der Waals surface area contributed by atoms with Gasteiger partial charge in [0.25, 0.3) is 0 Å². The molecule has 0 radical (unpaired) electrons. The highest BCUT2D eigenvalue weighted by molar-refractivity contribution is 6.03. The number of nitrogens with zero attached hydrogens (tertiary/aromatic N) is 6. The zero-order chi connectivity index (χ0) is 27.7. The molecule has 1 unspecified atom stereocenters.